The summed E-state index contributed by atoms with van der Waals surface area (Å²) >= 11 is 3.11. The third kappa shape index (κ3) is 4.92. The van der Waals surface area contributed by atoms with Crippen LogP contribution in [0.1, 0.15) is 18.9 Å². The van der Waals surface area contributed by atoms with Crippen molar-refractivity contribution in [1.29, 1.82) is 0 Å². The van der Waals surface area contributed by atoms with E-state index in [4.69, 9.17) is 5.11 Å². The molecule has 1 atom stereocenters. The van der Waals surface area contributed by atoms with Gasteiger partial charge in [0.1, 0.15) is 5.82 Å². The van der Waals surface area contributed by atoms with Gasteiger partial charge in [0.25, 0.3) is 0 Å². The van der Waals surface area contributed by atoms with Crippen molar-refractivity contribution < 1.29 is 19.1 Å². The molecular weight excluding hydrogens is 329 g/mol. The number of hydrogen-bond donors (Lipinski definition) is 1. The van der Waals surface area contributed by atoms with E-state index in [0.717, 1.165) is 5.56 Å². The first kappa shape index (κ1) is 16.6. The van der Waals surface area contributed by atoms with Crippen molar-refractivity contribution in [3.63, 3.8) is 0 Å². The van der Waals surface area contributed by atoms with E-state index in [1.165, 1.54) is 11.0 Å². The first-order valence-corrected chi connectivity index (χ1v) is 7.01. The van der Waals surface area contributed by atoms with Crippen molar-refractivity contribution in [1.82, 2.24) is 4.90 Å². The minimum Gasteiger partial charge on any atom is -0.481 e. The highest BCUT2D eigenvalue weighted by Gasteiger charge is 2.18. The van der Waals surface area contributed by atoms with Crippen molar-refractivity contribution in [3.05, 3.63) is 34.1 Å². The molecule has 110 valence electrons. The monoisotopic (exact) mass is 345 g/mol. The summed E-state index contributed by atoms with van der Waals surface area (Å²) in [4.78, 5) is 24.0. The number of hydrogen-bond acceptors (Lipinski definition) is 2. The summed E-state index contributed by atoms with van der Waals surface area (Å²) in [6.45, 7) is 1.96. The van der Waals surface area contributed by atoms with E-state index >= 15 is 0 Å². The molecule has 0 bridgehead atoms. The van der Waals surface area contributed by atoms with Crippen LogP contribution < -0.4 is 0 Å². The van der Waals surface area contributed by atoms with E-state index in [2.05, 4.69) is 15.9 Å². The van der Waals surface area contributed by atoms with Crippen LogP contribution in [0.4, 0.5) is 4.39 Å². The number of rotatable bonds is 6. The van der Waals surface area contributed by atoms with Gasteiger partial charge in [-0.2, -0.15) is 0 Å². The van der Waals surface area contributed by atoms with E-state index in [9.17, 15) is 14.0 Å². The molecule has 1 aromatic carbocycles. The predicted octanol–water partition coefficient (Wildman–Crippen LogP) is 2.70. The number of carbonyl (C=O) groups excluding carboxylic acids is 1. The van der Waals surface area contributed by atoms with Gasteiger partial charge in [-0.05, 0) is 40.0 Å². The molecule has 0 saturated carbocycles. The molecule has 6 heteroatoms. The third-order valence-electron chi connectivity index (χ3n) is 2.98. The number of carboxylic acid groups (broad SMARTS) is 1. The van der Waals surface area contributed by atoms with Crippen LogP contribution in [0.15, 0.2) is 22.7 Å². The molecule has 1 aromatic rings. The fourth-order valence-corrected chi connectivity index (χ4v) is 2.28. The van der Waals surface area contributed by atoms with Crippen molar-refractivity contribution in [3.8, 4) is 0 Å². The molecule has 1 N–H and O–H groups in total. The Morgan fingerprint density at radius 2 is 2.10 bits per heavy atom. The SMILES string of the molecule is C[C@H](Cc1ccc(F)c(Br)c1)C(=O)N(C)CCC(=O)O. The highest BCUT2D eigenvalue weighted by Crippen LogP contribution is 2.19. The van der Waals surface area contributed by atoms with Crippen molar-refractivity contribution >= 4 is 27.8 Å². The summed E-state index contributed by atoms with van der Waals surface area (Å²) in [5.74, 6) is -1.68. The molecule has 0 saturated heterocycles. The molecule has 1 rings (SSSR count). The van der Waals surface area contributed by atoms with Gasteiger partial charge in [0.05, 0.1) is 10.9 Å². The Balaban J connectivity index is 2.60. The standard InChI is InChI=1S/C14H17BrFNO3/c1-9(14(20)17(2)6-5-13(18)19)7-10-3-4-12(16)11(15)8-10/h3-4,8-9H,5-7H2,1-2H3,(H,18,19)/t9-/m1/s1. The molecule has 20 heavy (non-hydrogen) atoms. The molecule has 0 fully saturated rings. The molecule has 0 heterocycles. The zero-order valence-electron chi connectivity index (χ0n) is 11.4. The second-order valence-electron chi connectivity index (χ2n) is 4.76. The summed E-state index contributed by atoms with van der Waals surface area (Å²) in [5, 5.41) is 8.60. The van der Waals surface area contributed by atoms with Crippen molar-refractivity contribution in [2.45, 2.75) is 19.8 Å². The van der Waals surface area contributed by atoms with Gasteiger partial charge in [-0.1, -0.05) is 13.0 Å². The summed E-state index contributed by atoms with van der Waals surface area (Å²) in [5.41, 5.74) is 0.853. The highest BCUT2D eigenvalue weighted by atomic mass is 79.9. The quantitative estimate of drug-likeness (QED) is 0.862. The molecule has 4 nitrogen and oxygen atoms in total. The van der Waals surface area contributed by atoms with Crippen LogP contribution in [0.3, 0.4) is 0 Å². The summed E-state index contributed by atoms with van der Waals surface area (Å²) in [7, 11) is 1.59. The lowest BCUT2D eigenvalue weighted by molar-refractivity contribution is -0.139. The average Bonchev–Trinajstić information content (AvgIpc) is 2.39. The molecule has 0 aliphatic carbocycles. The molecule has 0 radical (unpaired) electrons. The maximum Gasteiger partial charge on any atom is 0.305 e. The van der Waals surface area contributed by atoms with Crippen LogP contribution in [0.2, 0.25) is 0 Å². The zero-order valence-corrected chi connectivity index (χ0v) is 13.0. The van der Waals surface area contributed by atoms with Gasteiger partial charge < -0.3 is 10.0 Å². The highest BCUT2D eigenvalue weighted by molar-refractivity contribution is 9.10. The summed E-state index contributed by atoms with van der Waals surface area (Å²) < 4.78 is 13.5. The number of aliphatic carboxylic acids is 1. The fraction of sp³-hybridized carbons (Fsp3) is 0.429. The van der Waals surface area contributed by atoms with Gasteiger partial charge in [0.2, 0.25) is 5.91 Å². The summed E-state index contributed by atoms with van der Waals surface area (Å²) in [6.07, 6.45) is 0.409. The fourth-order valence-electron chi connectivity index (χ4n) is 1.86. The topological polar surface area (TPSA) is 57.6 Å². The molecular formula is C14H17BrFNO3. The Bertz CT molecular complexity index is 507. The maximum absolute atomic E-state index is 13.1. The molecule has 0 aliphatic heterocycles. The molecule has 1 amide bonds. The van der Waals surface area contributed by atoms with Crippen molar-refractivity contribution in [2.24, 2.45) is 5.92 Å². The average molecular weight is 346 g/mol. The van der Waals surface area contributed by atoms with Gasteiger partial charge in [0, 0.05) is 19.5 Å². The molecule has 0 unspecified atom stereocenters. The largest absolute Gasteiger partial charge is 0.481 e. The number of carboxylic acids is 1. The van der Waals surface area contributed by atoms with Crippen molar-refractivity contribution in [2.75, 3.05) is 13.6 Å². The second kappa shape index (κ2) is 7.38. The Kier molecular flexibility index (Phi) is 6.13. The van der Waals surface area contributed by atoms with Crippen LogP contribution in [-0.4, -0.2) is 35.5 Å². The van der Waals surface area contributed by atoms with E-state index in [0.29, 0.717) is 10.9 Å². The van der Waals surface area contributed by atoms with E-state index in [1.54, 1.807) is 26.1 Å². The molecule has 0 spiro atoms. The van der Waals surface area contributed by atoms with Gasteiger partial charge >= 0.3 is 5.97 Å². The Hall–Kier alpha value is -1.43. The van der Waals surface area contributed by atoms with E-state index in [1.807, 2.05) is 0 Å². The number of halogens is 2. The zero-order chi connectivity index (χ0) is 15.3. The lowest BCUT2D eigenvalue weighted by Gasteiger charge is -2.20. The van der Waals surface area contributed by atoms with E-state index in [-0.39, 0.29) is 30.6 Å². The van der Waals surface area contributed by atoms with Crippen LogP contribution in [-0.2, 0) is 16.0 Å². The molecule has 0 aromatic heterocycles. The van der Waals surface area contributed by atoms with Crippen LogP contribution in [0.25, 0.3) is 0 Å². The maximum atomic E-state index is 13.1. The first-order valence-electron chi connectivity index (χ1n) is 6.22. The van der Waals surface area contributed by atoms with Crippen LogP contribution in [0, 0.1) is 11.7 Å². The Labute approximate surface area is 125 Å². The second-order valence-corrected chi connectivity index (χ2v) is 5.61. The van der Waals surface area contributed by atoms with Crippen LogP contribution in [0.5, 0.6) is 0 Å². The normalized spacial score (nSPS) is 12.0. The van der Waals surface area contributed by atoms with Gasteiger partial charge in [0.15, 0.2) is 0 Å². The first-order chi connectivity index (χ1) is 9.31. The summed E-state index contributed by atoms with van der Waals surface area (Å²) in [6, 6.07) is 4.64. The third-order valence-corrected chi connectivity index (χ3v) is 3.59. The number of benzene rings is 1. The minimum atomic E-state index is -0.931. The van der Waals surface area contributed by atoms with Gasteiger partial charge in [-0.15, -0.1) is 0 Å². The van der Waals surface area contributed by atoms with E-state index < -0.39 is 5.97 Å². The Morgan fingerprint density at radius 3 is 2.65 bits per heavy atom. The predicted molar refractivity (Wildman–Crippen MR) is 76.9 cm³/mol. The molecule has 0 aliphatic rings. The van der Waals surface area contributed by atoms with Gasteiger partial charge in [-0.25, -0.2) is 4.39 Å². The van der Waals surface area contributed by atoms with Crippen LogP contribution >= 0.6 is 15.9 Å². The Morgan fingerprint density at radius 1 is 1.45 bits per heavy atom. The minimum absolute atomic E-state index is 0.0724. The number of carbonyl (C=O) groups is 2. The number of amides is 1. The number of nitrogens with zero attached hydrogens (tertiary/aromatic N) is 1. The van der Waals surface area contributed by atoms with Gasteiger partial charge in [-0.3, -0.25) is 9.59 Å². The lowest BCUT2D eigenvalue weighted by atomic mass is 10.00. The smallest absolute Gasteiger partial charge is 0.305 e. The lowest BCUT2D eigenvalue weighted by Crippen LogP contribution is -2.34.